The Morgan fingerprint density at radius 1 is 1.33 bits per heavy atom. The van der Waals surface area contributed by atoms with Crippen LogP contribution in [0.2, 0.25) is 0 Å². The van der Waals surface area contributed by atoms with E-state index in [-0.39, 0.29) is 11.8 Å². The van der Waals surface area contributed by atoms with Crippen molar-refractivity contribution in [3.05, 3.63) is 42.3 Å². The Kier molecular flexibility index (Phi) is 5.62. The topological polar surface area (TPSA) is 59.0 Å². The molecule has 0 saturated heterocycles. The summed E-state index contributed by atoms with van der Waals surface area (Å²) >= 11 is 1.63. The van der Waals surface area contributed by atoms with Gasteiger partial charge >= 0.3 is 6.03 Å². The predicted molar refractivity (Wildman–Crippen MR) is 82.0 cm³/mol. The second kappa shape index (κ2) is 7.68. The number of carbonyl (C=O) groups is 1. The summed E-state index contributed by atoms with van der Waals surface area (Å²) in [4.78, 5) is 12.6. The number of nitrogens with zero attached hydrogens (tertiary/aromatic N) is 2. The summed E-state index contributed by atoms with van der Waals surface area (Å²) in [6, 6.07) is 7.86. The van der Waals surface area contributed by atoms with E-state index in [0.717, 1.165) is 17.1 Å². The van der Waals surface area contributed by atoms with Crippen LogP contribution in [0.4, 0.5) is 15.0 Å². The third-order valence-electron chi connectivity index (χ3n) is 2.64. The van der Waals surface area contributed by atoms with Crippen LogP contribution < -0.4 is 10.6 Å². The molecule has 0 saturated carbocycles. The number of carbonyl (C=O) groups excluding carboxylic acids is 1. The number of hydrogen-bond acceptors (Lipinski definition) is 3. The normalized spacial score (nSPS) is 10.4. The number of urea groups is 1. The van der Waals surface area contributed by atoms with Crippen molar-refractivity contribution in [2.75, 3.05) is 17.6 Å². The van der Waals surface area contributed by atoms with Gasteiger partial charge in [0.2, 0.25) is 0 Å². The molecule has 1 aromatic heterocycles. The molecular weight excluding hydrogens is 291 g/mol. The lowest BCUT2D eigenvalue weighted by molar-refractivity contribution is 0.252. The molecule has 1 heterocycles. The zero-order valence-electron chi connectivity index (χ0n) is 11.7. The number of aryl methyl sites for hydroxylation is 1. The lowest BCUT2D eigenvalue weighted by Crippen LogP contribution is -2.30. The smallest absolute Gasteiger partial charge is 0.320 e. The number of halogens is 1. The SMILES string of the molecule is Cn1ccc(NC(=O)NCCCSc2ccc(F)cc2)n1. The molecule has 112 valence electrons. The molecule has 0 unspecified atom stereocenters. The maximum absolute atomic E-state index is 12.7. The van der Waals surface area contributed by atoms with Crippen molar-refractivity contribution >= 4 is 23.6 Å². The van der Waals surface area contributed by atoms with Crippen LogP contribution in [0.15, 0.2) is 41.4 Å². The molecule has 5 nitrogen and oxygen atoms in total. The van der Waals surface area contributed by atoms with E-state index in [4.69, 9.17) is 0 Å². The third kappa shape index (κ3) is 5.47. The summed E-state index contributed by atoms with van der Waals surface area (Å²) in [6.45, 7) is 0.576. The zero-order valence-corrected chi connectivity index (χ0v) is 12.5. The van der Waals surface area contributed by atoms with Crippen molar-refractivity contribution in [2.24, 2.45) is 7.05 Å². The summed E-state index contributed by atoms with van der Waals surface area (Å²) in [5.41, 5.74) is 0. The van der Waals surface area contributed by atoms with Gasteiger partial charge in [-0.25, -0.2) is 9.18 Å². The molecule has 0 spiro atoms. The molecular formula is C14H17FN4OS. The quantitative estimate of drug-likeness (QED) is 0.637. The highest BCUT2D eigenvalue weighted by Crippen LogP contribution is 2.18. The number of benzene rings is 1. The van der Waals surface area contributed by atoms with Crippen molar-refractivity contribution in [1.29, 1.82) is 0 Å². The van der Waals surface area contributed by atoms with E-state index in [1.807, 2.05) is 0 Å². The first-order valence-electron chi connectivity index (χ1n) is 6.56. The number of rotatable bonds is 6. The van der Waals surface area contributed by atoms with E-state index in [9.17, 15) is 9.18 Å². The second-order valence-corrected chi connectivity index (χ2v) is 5.58. The summed E-state index contributed by atoms with van der Waals surface area (Å²) < 4.78 is 14.3. The highest BCUT2D eigenvalue weighted by atomic mass is 32.2. The standard InChI is InChI=1S/C14H17FN4OS/c1-19-9-7-13(18-19)17-14(20)16-8-2-10-21-12-5-3-11(15)4-6-12/h3-7,9H,2,8,10H2,1H3,(H2,16,17,18,20). The van der Waals surface area contributed by atoms with Gasteiger partial charge < -0.3 is 5.32 Å². The van der Waals surface area contributed by atoms with Crippen LogP contribution in [0.5, 0.6) is 0 Å². The number of anilines is 1. The van der Waals surface area contributed by atoms with Crippen LogP contribution in [0.1, 0.15) is 6.42 Å². The van der Waals surface area contributed by atoms with Crippen LogP contribution >= 0.6 is 11.8 Å². The van der Waals surface area contributed by atoms with Gasteiger partial charge in [-0.3, -0.25) is 10.00 Å². The molecule has 0 aliphatic rings. The zero-order chi connectivity index (χ0) is 15.1. The first-order valence-corrected chi connectivity index (χ1v) is 7.55. The maximum Gasteiger partial charge on any atom is 0.320 e. The van der Waals surface area contributed by atoms with Gasteiger partial charge in [0.05, 0.1) is 0 Å². The lowest BCUT2D eigenvalue weighted by Gasteiger charge is -2.05. The van der Waals surface area contributed by atoms with Crippen LogP contribution in [0, 0.1) is 5.82 Å². The molecule has 2 N–H and O–H groups in total. The van der Waals surface area contributed by atoms with Crippen molar-refractivity contribution in [3.63, 3.8) is 0 Å². The van der Waals surface area contributed by atoms with Gasteiger partial charge in [0.1, 0.15) is 5.82 Å². The fourth-order valence-corrected chi connectivity index (χ4v) is 2.49. The molecule has 2 amide bonds. The van der Waals surface area contributed by atoms with Crippen molar-refractivity contribution in [1.82, 2.24) is 15.1 Å². The van der Waals surface area contributed by atoms with E-state index in [0.29, 0.717) is 12.4 Å². The molecule has 0 aliphatic carbocycles. The van der Waals surface area contributed by atoms with Crippen LogP contribution in [0.25, 0.3) is 0 Å². The minimum absolute atomic E-state index is 0.229. The average molecular weight is 308 g/mol. The molecule has 21 heavy (non-hydrogen) atoms. The molecule has 1 aromatic carbocycles. The highest BCUT2D eigenvalue weighted by Gasteiger charge is 2.03. The Hall–Kier alpha value is -2.02. The van der Waals surface area contributed by atoms with Crippen molar-refractivity contribution < 1.29 is 9.18 Å². The first kappa shape index (κ1) is 15.4. The van der Waals surface area contributed by atoms with Gasteiger partial charge in [-0.2, -0.15) is 5.10 Å². The van der Waals surface area contributed by atoms with E-state index < -0.39 is 0 Å². The van der Waals surface area contributed by atoms with Crippen LogP contribution in [-0.4, -0.2) is 28.1 Å². The van der Waals surface area contributed by atoms with Crippen molar-refractivity contribution in [3.8, 4) is 0 Å². The summed E-state index contributed by atoms with van der Waals surface area (Å²) in [5.74, 6) is 1.15. The molecule has 2 rings (SSSR count). The van der Waals surface area contributed by atoms with Gasteiger partial charge in [-0.1, -0.05) is 0 Å². The Labute approximate surface area is 126 Å². The summed E-state index contributed by atoms with van der Waals surface area (Å²) in [7, 11) is 1.79. The summed E-state index contributed by atoms with van der Waals surface area (Å²) in [6.07, 6.45) is 2.59. The Balaban J connectivity index is 1.59. The first-order chi connectivity index (χ1) is 10.1. The molecule has 0 aliphatic heterocycles. The molecule has 7 heteroatoms. The van der Waals surface area contributed by atoms with E-state index in [1.165, 1.54) is 12.1 Å². The van der Waals surface area contributed by atoms with Crippen molar-refractivity contribution in [2.45, 2.75) is 11.3 Å². The van der Waals surface area contributed by atoms with Crippen LogP contribution in [-0.2, 0) is 7.05 Å². The molecule has 0 fully saturated rings. The fraction of sp³-hybridized carbons (Fsp3) is 0.286. The van der Waals surface area contributed by atoms with E-state index >= 15 is 0 Å². The number of aromatic nitrogens is 2. The molecule has 2 aromatic rings. The Morgan fingerprint density at radius 3 is 2.76 bits per heavy atom. The Bertz CT molecular complexity index is 585. The number of hydrogen-bond donors (Lipinski definition) is 2. The number of nitrogens with one attached hydrogen (secondary N) is 2. The minimum atomic E-state index is -0.263. The van der Waals surface area contributed by atoms with Gasteiger partial charge in [0.15, 0.2) is 5.82 Å². The molecule has 0 bridgehead atoms. The van der Waals surface area contributed by atoms with Gasteiger partial charge in [-0.05, 0) is 36.4 Å². The third-order valence-corrected chi connectivity index (χ3v) is 3.74. The minimum Gasteiger partial charge on any atom is -0.338 e. The van der Waals surface area contributed by atoms with Crippen LogP contribution in [0.3, 0.4) is 0 Å². The van der Waals surface area contributed by atoms with E-state index in [2.05, 4.69) is 15.7 Å². The van der Waals surface area contributed by atoms with Gasteiger partial charge in [0, 0.05) is 30.8 Å². The summed E-state index contributed by atoms with van der Waals surface area (Å²) in [5, 5.41) is 9.46. The number of amides is 2. The van der Waals surface area contributed by atoms with E-state index in [1.54, 1.807) is 47.9 Å². The largest absolute Gasteiger partial charge is 0.338 e. The maximum atomic E-state index is 12.7. The fourth-order valence-electron chi connectivity index (χ4n) is 1.64. The van der Waals surface area contributed by atoms with Gasteiger partial charge in [-0.15, -0.1) is 11.8 Å². The molecule has 0 atom stereocenters. The average Bonchev–Trinajstić information content (AvgIpc) is 2.86. The second-order valence-electron chi connectivity index (χ2n) is 4.41. The van der Waals surface area contributed by atoms with Gasteiger partial charge in [0.25, 0.3) is 0 Å². The predicted octanol–water partition coefficient (Wildman–Crippen LogP) is 2.86. The highest BCUT2D eigenvalue weighted by molar-refractivity contribution is 7.99. The number of thioether (sulfide) groups is 1. The lowest BCUT2D eigenvalue weighted by atomic mass is 10.4. The molecule has 0 radical (unpaired) electrons. The Morgan fingerprint density at radius 2 is 2.10 bits per heavy atom. The monoisotopic (exact) mass is 308 g/mol.